The lowest BCUT2D eigenvalue weighted by atomic mass is 9.50. The number of cyclic esters (lactones) is 1. The van der Waals surface area contributed by atoms with Gasteiger partial charge < -0.3 is 4.74 Å². The average molecular weight is 259 g/mol. The highest BCUT2D eigenvalue weighted by molar-refractivity contribution is 6.05. The summed E-state index contributed by atoms with van der Waals surface area (Å²) < 4.78 is 7.01. The van der Waals surface area contributed by atoms with Crippen molar-refractivity contribution >= 4 is 11.9 Å². The molecule has 1 spiro atoms. The third-order valence-corrected chi connectivity index (χ3v) is 4.99. The normalized spacial score (nSPS) is 28.8. The van der Waals surface area contributed by atoms with Crippen LogP contribution in [0.25, 0.3) is 0 Å². The summed E-state index contributed by atoms with van der Waals surface area (Å²) in [4.78, 5) is 16.5. The van der Waals surface area contributed by atoms with E-state index in [9.17, 15) is 4.79 Å². The van der Waals surface area contributed by atoms with E-state index in [0.717, 1.165) is 18.5 Å². The van der Waals surface area contributed by atoms with Gasteiger partial charge in [0, 0.05) is 13.2 Å². The monoisotopic (exact) mass is 259 g/mol. The lowest BCUT2D eigenvalue weighted by molar-refractivity contribution is -0.139. The molecule has 0 saturated heterocycles. The van der Waals surface area contributed by atoms with E-state index in [2.05, 4.69) is 10.1 Å². The highest BCUT2D eigenvalue weighted by Crippen LogP contribution is 2.60. The van der Waals surface area contributed by atoms with Crippen LogP contribution in [0.2, 0.25) is 0 Å². The van der Waals surface area contributed by atoms with Crippen molar-refractivity contribution in [2.24, 2.45) is 23.4 Å². The van der Waals surface area contributed by atoms with E-state index in [4.69, 9.17) is 4.74 Å². The molecule has 5 heteroatoms. The Morgan fingerprint density at radius 2 is 2.21 bits per heavy atom. The zero-order valence-electron chi connectivity index (χ0n) is 11.0. The number of hydrogen-bond donors (Lipinski definition) is 0. The van der Waals surface area contributed by atoms with Gasteiger partial charge >= 0.3 is 5.97 Å². The third kappa shape index (κ3) is 1.57. The molecule has 1 unspecified atom stereocenters. The lowest BCUT2D eigenvalue weighted by Crippen LogP contribution is -2.47. The summed E-state index contributed by atoms with van der Waals surface area (Å²) in [5.74, 6) is 0.637. The van der Waals surface area contributed by atoms with Crippen LogP contribution < -0.4 is 0 Å². The fourth-order valence-corrected chi connectivity index (χ4v) is 3.72. The first-order chi connectivity index (χ1) is 9.17. The van der Waals surface area contributed by atoms with Gasteiger partial charge in [-0.15, -0.1) is 0 Å². The molecule has 0 N–H and O–H groups in total. The predicted molar refractivity (Wildman–Crippen MR) is 68.6 cm³/mol. The number of rotatable bonds is 2. The summed E-state index contributed by atoms with van der Waals surface area (Å²) in [6, 6.07) is 1.54. The van der Waals surface area contributed by atoms with Gasteiger partial charge in [0.05, 0.1) is 0 Å². The number of hydrogen-bond acceptors (Lipinski definition) is 4. The van der Waals surface area contributed by atoms with Crippen molar-refractivity contribution in [1.29, 1.82) is 0 Å². The van der Waals surface area contributed by atoms with Crippen molar-refractivity contribution in [1.82, 2.24) is 9.78 Å². The van der Waals surface area contributed by atoms with Crippen LogP contribution in [0.4, 0.5) is 0 Å². The van der Waals surface area contributed by atoms with Gasteiger partial charge in [-0.2, -0.15) is 5.10 Å². The van der Waals surface area contributed by atoms with Gasteiger partial charge in [0.15, 0.2) is 6.04 Å². The van der Waals surface area contributed by atoms with E-state index in [1.165, 1.54) is 19.3 Å². The molecule has 2 heterocycles. The first-order valence-electron chi connectivity index (χ1n) is 6.95. The number of carbonyl (C=O) groups is 1. The maximum Gasteiger partial charge on any atom is 0.338 e. The summed E-state index contributed by atoms with van der Waals surface area (Å²) in [7, 11) is 1.83. The van der Waals surface area contributed by atoms with Gasteiger partial charge in [-0.25, -0.2) is 9.79 Å². The van der Waals surface area contributed by atoms with Crippen LogP contribution in [0.3, 0.4) is 0 Å². The van der Waals surface area contributed by atoms with Gasteiger partial charge in [0.25, 0.3) is 0 Å². The number of ether oxygens (including phenoxy) is 1. The Morgan fingerprint density at radius 3 is 2.79 bits per heavy atom. The first kappa shape index (κ1) is 11.2. The summed E-state index contributed by atoms with van der Waals surface area (Å²) >= 11 is 0. The van der Waals surface area contributed by atoms with E-state index in [0.29, 0.717) is 17.2 Å². The maximum absolute atomic E-state index is 12.0. The van der Waals surface area contributed by atoms with E-state index >= 15 is 0 Å². The molecule has 2 aliphatic carbocycles. The second kappa shape index (κ2) is 3.68. The molecule has 100 valence electrons. The fourth-order valence-electron chi connectivity index (χ4n) is 3.72. The Morgan fingerprint density at radius 1 is 1.42 bits per heavy atom. The minimum atomic E-state index is -0.281. The summed E-state index contributed by atoms with van der Waals surface area (Å²) in [6.45, 7) is 0. The molecule has 1 atom stereocenters. The quantitative estimate of drug-likeness (QED) is 0.759. The van der Waals surface area contributed by atoms with Gasteiger partial charge in [-0.3, -0.25) is 4.68 Å². The highest BCUT2D eigenvalue weighted by atomic mass is 16.6. The molecule has 0 radical (unpaired) electrons. The summed E-state index contributed by atoms with van der Waals surface area (Å²) in [5.41, 5.74) is 1.34. The zero-order valence-corrected chi connectivity index (χ0v) is 11.0. The molecule has 1 aromatic heterocycles. The van der Waals surface area contributed by atoms with Crippen LogP contribution in [-0.4, -0.2) is 27.7 Å². The lowest BCUT2D eigenvalue weighted by Gasteiger charge is -2.54. The van der Waals surface area contributed by atoms with E-state index in [1.54, 1.807) is 10.9 Å². The minimum Gasteiger partial charge on any atom is -0.404 e. The number of esters is 1. The SMILES string of the molecule is Cn1nccc1C1=NC(C2CC3(CCC3)C2)C(=O)O1. The van der Waals surface area contributed by atoms with Crippen molar-refractivity contribution in [3.63, 3.8) is 0 Å². The molecule has 19 heavy (non-hydrogen) atoms. The molecule has 2 saturated carbocycles. The fraction of sp³-hybridized carbons (Fsp3) is 0.643. The second-order valence-corrected chi connectivity index (χ2v) is 6.16. The number of aromatic nitrogens is 2. The summed E-state index contributed by atoms with van der Waals surface area (Å²) in [5, 5.41) is 4.08. The number of aliphatic imine (C=N–C) groups is 1. The maximum atomic E-state index is 12.0. The molecule has 4 rings (SSSR count). The minimum absolute atomic E-state index is 0.185. The van der Waals surface area contributed by atoms with Crippen LogP contribution in [0.5, 0.6) is 0 Å². The molecule has 0 amide bonds. The Kier molecular flexibility index (Phi) is 2.17. The first-order valence-corrected chi connectivity index (χ1v) is 6.95. The van der Waals surface area contributed by atoms with Crippen LogP contribution >= 0.6 is 0 Å². The van der Waals surface area contributed by atoms with Gasteiger partial charge in [0.2, 0.25) is 5.90 Å². The topological polar surface area (TPSA) is 56.5 Å². The number of aryl methyl sites for hydroxylation is 1. The van der Waals surface area contributed by atoms with E-state index < -0.39 is 0 Å². The largest absolute Gasteiger partial charge is 0.404 e. The number of carbonyl (C=O) groups excluding carboxylic acids is 1. The molecular weight excluding hydrogens is 242 g/mol. The van der Waals surface area contributed by atoms with Gasteiger partial charge in [-0.1, -0.05) is 6.42 Å². The summed E-state index contributed by atoms with van der Waals surface area (Å²) in [6.07, 6.45) is 8.01. The van der Waals surface area contributed by atoms with Crippen molar-refractivity contribution in [2.45, 2.75) is 38.1 Å². The number of nitrogens with zero attached hydrogens (tertiary/aromatic N) is 3. The molecule has 1 aliphatic heterocycles. The Hall–Kier alpha value is -1.65. The van der Waals surface area contributed by atoms with Gasteiger partial charge in [0.1, 0.15) is 5.69 Å². The van der Waals surface area contributed by atoms with Crippen LogP contribution in [0.1, 0.15) is 37.8 Å². The molecule has 2 fully saturated rings. The predicted octanol–water partition coefficient (Wildman–Crippen LogP) is 1.67. The third-order valence-electron chi connectivity index (χ3n) is 4.99. The van der Waals surface area contributed by atoms with Crippen LogP contribution in [0.15, 0.2) is 17.3 Å². The molecule has 5 nitrogen and oxygen atoms in total. The van der Waals surface area contributed by atoms with Gasteiger partial charge in [-0.05, 0) is 43.1 Å². The van der Waals surface area contributed by atoms with Crippen molar-refractivity contribution < 1.29 is 9.53 Å². The van der Waals surface area contributed by atoms with Crippen LogP contribution in [-0.2, 0) is 16.6 Å². The van der Waals surface area contributed by atoms with Crippen molar-refractivity contribution in [2.75, 3.05) is 0 Å². The molecule has 0 bridgehead atoms. The molecule has 3 aliphatic rings. The second-order valence-electron chi connectivity index (χ2n) is 6.16. The Labute approximate surface area is 111 Å². The molecule has 0 aromatic carbocycles. The van der Waals surface area contributed by atoms with Crippen molar-refractivity contribution in [3.05, 3.63) is 18.0 Å². The standard InChI is InChI=1S/C14H17N3O2/c1-17-10(3-6-15-17)12-16-11(13(18)19-12)9-7-14(8-9)4-2-5-14/h3,6,9,11H,2,4-5,7-8H2,1H3. The smallest absolute Gasteiger partial charge is 0.338 e. The van der Waals surface area contributed by atoms with E-state index in [-0.39, 0.29) is 12.0 Å². The highest BCUT2D eigenvalue weighted by Gasteiger charge is 2.53. The average Bonchev–Trinajstić information content (AvgIpc) is 2.82. The zero-order chi connectivity index (χ0) is 13.0. The van der Waals surface area contributed by atoms with E-state index in [1.807, 2.05) is 13.1 Å². The Balaban J connectivity index is 1.53. The molecular formula is C14H17N3O2. The Bertz CT molecular complexity index is 563. The molecule has 1 aromatic rings. The van der Waals surface area contributed by atoms with Crippen molar-refractivity contribution in [3.8, 4) is 0 Å². The van der Waals surface area contributed by atoms with Crippen LogP contribution in [0, 0.1) is 11.3 Å².